The second-order valence-corrected chi connectivity index (χ2v) is 10.4. The van der Waals surface area contributed by atoms with Crippen LogP contribution in [0.5, 0.6) is 0 Å². The lowest BCUT2D eigenvalue weighted by Gasteiger charge is -2.38. The molecule has 0 radical (unpaired) electrons. The molecule has 0 nitrogen and oxygen atoms in total. The summed E-state index contributed by atoms with van der Waals surface area (Å²) in [6.45, 7) is 7.35. The fourth-order valence-corrected chi connectivity index (χ4v) is 6.85. The van der Waals surface area contributed by atoms with Gasteiger partial charge in [0, 0.05) is 0 Å². The van der Waals surface area contributed by atoms with Crippen molar-refractivity contribution in [1.29, 1.82) is 0 Å². The van der Waals surface area contributed by atoms with Gasteiger partial charge >= 0.3 is 0 Å². The van der Waals surface area contributed by atoms with Gasteiger partial charge in [0.05, 0.1) is 0 Å². The molecule has 6 rings (SSSR count). The van der Waals surface area contributed by atoms with Crippen molar-refractivity contribution in [2.75, 3.05) is 0 Å². The Hall–Kier alpha value is -2.34. The van der Waals surface area contributed by atoms with Crippen molar-refractivity contribution in [2.24, 2.45) is 17.8 Å². The van der Waals surface area contributed by atoms with E-state index in [4.69, 9.17) is 0 Å². The maximum absolute atomic E-state index is 2.52. The third-order valence-corrected chi connectivity index (χ3v) is 8.33. The summed E-state index contributed by atoms with van der Waals surface area (Å²) in [5.41, 5.74) is 4.98. The molecule has 0 heteroatoms. The first-order chi connectivity index (χ1) is 14.6. The largest absolute Gasteiger partial charge is 0.0625 e. The lowest BCUT2D eigenvalue weighted by Crippen LogP contribution is -2.26. The Balaban J connectivity index is 1.60. The van der Waals surface area contributed by atoms with Crippen LogP contribution < -0.4 is 0 Å². The Morgan fingerprint density at radius 2 is 1.57 bits per heavy atom. The van der Waals surface area contributed by atoms with Gasteiger partial charge in [0.25, 0.3) is 0 Å². The maximum atomic E-state index is 2.52. The first-order valence-electron chi connectivity index (χ1n) is 12.0. The molecule has 4 aromatic carbocycles. The molecule has 0 saturated heterocycles. The first kappa shape index (κ1) is 18.4. The van der Waals surface area contributed by atoms with Crippen LogP contribution in [0.15, 0.2) is 54.6 Å². The topological polar surface area (TPSA) is 0 Å². The standard InChI is InChI=1S/C30H32/c1-18(2)22-11-8-19(3)16-28(22)24-13-10-21-17-29-23-7-5-4-6-20(23)9-12-25(29)27-15-14-26(24)30(21)27/h4-7,9-10,12-13,17-19,22,28H,8,11,14-16H2,1-3H3. The van der Waals surface area contributed by atoms with Crippen molar-refractivity contribution < 1.29 is 0 Å². The first-order valence-corrected chi connectivity index (χ1v) is 12.0. The van der Waals surface area contributed by atoms with Gasteiger partial charge in [0.15, 0.2) is 0 Å². The van der Waals surface area contributed by atoms with E-state index in [1.807, 2.05) is 0 Å². The Bertz CT molecular complexity index is 1280. The van der Waals surface area contributed by atoms with Gasteiger partial charge in [0.2, 0.25) is 0 Å². The molecule has 0 bridgehead atoms. The number of hydrogen-bond donors (Lipinski definition) is 0. The Morgan fingerprint density at radius 1 is 0.767 bits per heavy atom. The summed E-state index contributed by atoms with van der Waals surface area (Å²) >= 11 is 0. The normalized spacial score (nSPS) is 23.8. The van der Waals surface area contributed by atoms with Crippen molar-refractivity contribution in [1.82, 2.24) is 0 Å². The Morgan fingerprint density at radius 3 is 2.43 bits per heavy atom. The summed E-state index contributed by atoms with van der Waals surface area (Å²) in [7, 11) is 0. The van der Waals surface area contributed by atoms with E-state index in [1.54, 1.807) is 22.1 Å². The molecule has 0 heterocycles. The minimum atomic E-state index is 0.742. The zero-order valence-corrected chi connectivity index (χ0v) is 18.5. The SMILES string of the molecule is CC1CCC(C(C)C)C(c2ccc3cc4c(ccc5ccccc54)c4c3c2CC4)C1. The van der Waals surface area contributed by atoms with Gasteiger partial charge in [-0.15, -0.1) is 0 Å². The fraction of sp³-hybridized carbons (Fsp3) is 0.400. The predicted octanol–water partition coefficient (Wildman–Crippen LogP) is 8.42. The zero-order chi connectivity index (χ0) is 20.4. The van der Waals surface area contributed by atoms with E-state index in [-0.39, 0.29) is 0 Å². The minimum absolute atomic E-state index is 0.742. The van der Waals surface area contributed by atoms with E-state index in [1.165, 1.54) is 59.0 Å². The molecule has 30 heavy (non-hydrogen) atoms. The second kappa shape index (κ2) is 6.84. The molecule has 0 aromatic heterocycles. The van der Waals surface area contributed by atoms with E-state index in [9.17, 15) is 0 Å². The Labute approximate surface area is 180 Å². The summed E-state index contributed by atoms with van der Waals surface area (Å²) in [6.07, 6.45) is 6.61. The number of rotatable bonds is 2. The molecular formula is C30H32. The molecule has 0 N–H and O–H groups in total. The fourth-order valence-electron chi connectivity index (χ4n) is 6.85. The number of hydrogen-bond acceptors (Lipinski definition) is 0. The highest BCUT2D eigenvalue weighted by Gasteiger charge is 2.34. The average molecular weight is 393 g/mol. The van der Waals surface area contributed by atoms with E-state index < -0.39 is 0 Å². The summed E-state index contributed by atoms with van der Waals surface area (Å²) < 4.78 is 0. The lowest BCUT2D eigenvalue weighted by atomic mass is 9.66. The van der Waals surface area contributed by atoms with Crippen LogP contribution in [0.3, 0.4) is 0 Å². The predicted molar refractivity (Wildman–Crippen MR) is 130 cm³/mol. The maximum Gasteiger partial charge on any atom is -0.00962 e. The van der Waals surface area contributed by atoms with E-state index in [0.717, 1.165) is 23.7 Å². The molecule has 4 aromatic rings. The molecule has 0 amide bonds. The van der Waals surface area contributed by atoms with Crippen LogP contribution in [-0.4, -0.2) is 0 Å². The van der Waals surface area contributed by atoms with Gasteiger partial charge in [-0.2, -0.15) is 0 Å². The van der Waals surface area contributed by atoms with Crippen molar-refractivity contribution in [3.63, 3.8) is 0 Å². The van der Waals surface area contributed by atoms with Crippen LogP contribution in [0.1, 0.15) is 62.6 Å². The van der Waals surface area contributed by atoms with Crippen LogP contribution in [0.4, 0.5) is 0 Å². The van der Waals surface area contributed by atoms with Crippen molar-refractivity contribution in [3.05, 3.63) is 71.3 Å². The van der Waals surface area contributed by atoms with Gasteiger partial charge in [0.1, 0.15) is 0 Å². The van der Waals surface area contributed by atoms with Crippen LogP contribution in [-0.2, 0) is 12.8 Å². The second-order valence-electron chi connectivity index (χ2n) is 10.4. The molecule has 152 valence electrons. The molecule has 0 spiro atoms. The van der Waals surface area contributed by atoms with Crippen LogP contribution in [0.25, 0.3) is 32.3 Å². The third kappa shape index (κ3) is 2.66. The molecule has 2 aliphatic carbocycles. The summed E-state index contributed by atoms with van der Waals surface area (Å²) in [5, 5.41) is 8.71. The van der Waals surface area contributed by atoms with Gasteiger partial charge in [-0.3, -0.25) is 0 Å². The number of fused-ring (bicyclic) bond motifs is 4. The molecule has 1 saturated carbocycles. The van der Waals surface area contributed by atoms with Crippen molar-refractivity contribution in [2.45, 2.75) is 58.8 Å². The van der Waals surface area contributed by atoms with Crippen molar-refractivity contribution >= 4 is 32.3 Å². The Kier molecular flexibility index (Phi) is 4.20. The highest BCUT2D eigenvalue weighted by atomic mass is 14.4. The average Bonchev–Trinajstić information content (AvgIpc) is 3.20. The summed E-state index contributed by atoms with van der Waals surface area (Å²) in [4.78, 5) is 0. The molecule has 3 atom stereocenters. The van der Waals surface area contributed by atoms with Crippen LogP contribution >= 0.6 is 0 Å². The highest BCUT2D eigenvalue weighted by Crippen LogP contribution is 2.48. The molecule has 1 fully saturated rings. The van der Waals surface area contributed by atoms with Gasteiger partial charge in [-0.05, 0) is 104 Å². The van der Waals surface area contributed by atoms with E-state index in [2.05, 4.69) is 75.4 Å². The van der Waals surface area contributed by atoms with Crippen molar-refractivity contribution in [3.8, 4) is 0 Å². The summed E-state index contributed by atoms with van der Waals surface area (Å²) in [6, 6.07) is 21.0. The smallest absolute Gasteiger partial charge is 0.00962 e. The minimum Gasteiger partial charge on any atom is -0.0625 e. The van der Waals surface area contributed by atoms with Gasteiger partial charge in [-0.1, -0.05) is 75.7 Å². The summed E-state index contributed by atoms with van der Waals surface area (Å²) in [5.74, 6) is 3.21. The lowest BCUT2D eigenvalue weighted by molar-refractivity contribution is 0.197. The zero-order valence-electron chi connectivity index (χ0n) is 18.5. The number of aryl methyl sites for hydroxylation is 2. The molecule has 3 unspecified atom stereocenters. The quantitative estimate of drug-likeness (QED) is 0.237. The molecule has 2 aliphatic rings. The van der Waals surface area contributed by atoms with Crippen LogP contribution in [0, 0.1) is 17.8 Å². The number of benzene rings is 4. The van der Waals surface area contributed by atoms with Gasteiger partial charge in [-0.25, -0.2) is 0 Å². The highest BCUT2D eigenvalue weighted by molar-refractivity contribution is 6.15. The molecular weight excluding hydrogens is 360 g/mol. The van der Waals surface area contributed by atoms with Crippen LogP contribution in [0.2, 0.25) is 0 Å². The van der Waals surface area contributed by atoms with E-state index >= 15 is 0 Å². The third-order valence-electron chi connectivity index (χ3n) is 8.33. The van der Waals surface area contributed by atoms with E-state index in [0.29, 0.717) is 0 Å². The van der Waals surface area contributed by atoms with Gasteiger partial charge < -0.3 is 0 Å². The monoisotopic (exact) mass is 392 g/mol. The molecule has 0 aliphatic heterocycles.